The fourth-order valence-corrected chi connectivity index (χ4v) is 6.49. The Morgan fingerprint density at radius 2 is 2.39 bits per heavy atom. The van der Waals surface area contributed by atoms with Crippen LogP contribution in [-0.4, -0.2) is 16.5 Å². The minimum atomic E-state index is -0.167. The molecule has 1 aliphatic heterocycles. The van der Waals surface area contributed by atoms with E-state index in [-0.39, 0.29) is 5.54 Å². The van der Waals surface area contributed by atoms with Gasteiger partial charge in [-0.15, -0.1) is 11.3 Å². The van der Waals surface area contributed by atoms with Crippen molar-refractivity contribution in [2.45, 2.75) is 5.54 Å². The van der Waals surface area contributed by atoms with Gasteiger partial charge in [0.05, 0.1) is 10.2 Å². The van der Waals surface area contributed by atoms with Crippen molar-refractivity contribution in [3.05, 3.63) is 29.3 Å². The lowest BCUT2D eigenvalue weighted by Crippen LogP contribution is -2.39. The number of para-hydroxylation sites is 1. The predicted molar refractivity (Wildman–Crippen MR) is 82.6 cm³/mol. The molecule has 1 atom stereocenters. The van der Waals surface area contributed by atoms with Gasteiger partial charge >= 0.3 is 0 Å². The third-order valence-electron chi connectivity index (χ3n) is 2.69. The Balaban J connectivity index is 2.01. The summed E-state index contributed by atoms with van der Waals surface area (Å²) in [5, 5.41) is 12.0. The summed E-state index contributed by atoms with van der Waals surface area (Å²) in [5.41, 5.74) is 0.877. The molecule has 18 heavy (non-hydrogen) atoms. The first-order chi connectivity index (χ1) is 8.84. The van der Waals surface area contributed by atoms with Crippen LogP contribution in [0, 0.1) is 10.7 Å². The van der Waals surface area contributed by atoms with Crippen LogP contribution in [0.25, 0.3) is 10.2 Å². The lowest BCUT2D eigenvalue weighted by Gasteiger charge is -2.23. The van der Waals surface area contributed by atoms with Crippen molar-refractivity contribution in [3.8, 4) is 5.40 Å². The van der Waals surface area contributed by atoms with Gasteiger partial charge < -0.3 is 0 Å². The van der Waals surface area contributed by atoms with E-state index in [1.807, 2.05) is 18.2 Å². The van der Waals surface area contributed by atoms with Crippen LogP contribution in [0.5, 0.6) is 0 Å². The molecular weight excluding hydrogens is 302 g/mol. The molecule has 0 bridgehead atoms. The number of rotatable bonds is 3. The minimum absolute atomic E-state index is 0.167. The van der Waals surface area contributed by atoms with Gasteiger partial charge in [0.1, 0.15) is 15.9 Å². The zero-order valence-corrected chi connectivity index (χ0v) is 12.5. The van der Waals surface area contributed by atoms with Gasteiger partial charge in [0.2, 0.25) is 0 Å². The Hall–Kier alpha value is -0.390. The van der Waals surface area contributed by atoms with Crippen LogP contribution in [0.4, 0.5) is 0 Å². The summed E-state index contributed by atoms with van der Waals surface area (Å²) < 4.78 is 4.64. The second-order valence-corrected chi connectivity index (χ2v) is 7.79. The Labute approximate surface area is 121 Å². The molecule has 92 valence electrons. The van der Waals surface area contributed by atoms with Crippen molar-refractivity contribution in [2.75, 3.05) is 11.5 Å². The highest BCUT2D eigenvalue weighted by atomic mass is 33.1. The predicted octanol–water partition coefficient (Wildman–Crippen LogP) is 3.61. The van der Waals surface area contributed by atoms with E-state index < -0.39 is 0 Å². The third-order valence-corrected chi connectivity index (χ3v) is 6.85. The van der Waals surface area contributed by atoms with E-state index in [4.69, 9.17) is 10.2 Å². The van der Waals surface area contributed by atoms with Crippen molar-refractivity contribution < 1.29 is 0 Å². The number of fused-ring (bicyclic) bond motifs is 1. The average molecular weight is 311 g/mol. The molecule has 2 heterocycles. The van der Waals surface area contributed by atoms with Crippen molar-refractivity contribution in [1.29, 1.82) is 5.26 Å². The summed E-state index contributed by atoms with van der Waals surface area (Å²) in [6.45, 7) is 0. The molecule has 0 aliphatic carbocycles. The second-order valence-electron chi connectivity index (χ2n) is 3.90. The first-order valence-corrected chi connectivity index (χ1v) is 9.39. The van der Waals surface area contributed by atoms with Crippen molar-refractivity contribution >= 4 is 55.1 Å². The van der Waals surface area contributed by atoms with Crippen molar-refractivity contribution in [3.63, 3.8) is 0 Å². The van der Waals surface area contributed by atoms with Gasteiger partial charge in [0.15, 0.2) is 0 Å². The molecule has 1 unspecified atom stereocenters. The summed E-state index contributed by atoms with van der Waals surface area (Å²) in [4.78, 5) is 4.73. The highest BCUT2D eigenvalue weighted by molar-refractivity contribution is 8.76. The zero-order chi connectivity index (χ0) is 12.4. The molecular formula is C11H9N3S4. The monoisotopic (exact) mass is 311 g/mol. The quantitative estimate of drug-likeness (QED) is 0.531. The van der Waals surface area contributed by atoms with Crippen LogP contribution < -0.4 is 4.72 Å². The van der Waals surface area contributed by atoms with E-state index in [2.05, 4.69) is 16.2 Å². The number of nitriles is 1. The van der Waals surface area contributed by atoms with Gasteiger partial charge in [-0.1, -0.05) is 22.9 Å². The molecule has 0 radical (unpaired) electrons. The van der Waals surface area contributed by atoms with Gasteiger partial charge in [-0.2, -0.15) is 5.26 Å². The standard InChI is InChI=1S/C11H9N3S4/c12-7-15-5-11(6-16-18-14-11)10-13-8-3-1-2-4-9(8)17-10/h1-4,14H,5-6H2. The Bertz CT molecular complexity index is 565. The van der Waals surface area contributed by atoms with Gasteiger partial charge in [0, 0.05) is 11.5 Å². The van der Waals surface area contributed by atoms with E-state index in [1.54, 1.807) is 33.1 Å². The Morgan fingerprint density at radius 3 is 3.11 bits per heavy atom. The van der Waals surface area contributed by atoms with Gasteiger partial charge in [-0.3, -0.25) is 0 Å². The molecule has 1 fully saturated rings. The van der Waals surface area contributed by atoms with Gasteiger partial charge in [-0.25, -0.2) is 9.71 Å². The van der Waals surface area contributed by atoms with E-state index in [0.29, 0.717) is 0 Å². The summed E-state index contributed by atoms with van der Waals surface area (Å²) in [6, 6.07) is 8.17. The maximum atomic E-state index is 8.78. The van der Waals surface area contributed by atoms with E-state index >= 15 is 0 Å². The minimum Gasteiger partial charge on any atom is -0.240 e. The Morgan fingerprint density at radius 1 is 1.50 bits per heavy atom. The van der Waals surface area contributed by atoms with Gasteiger partial charge in [0.25, 0.3) is 0 Å². The highest BCUT2D eigenvalue weighted by Gasteiger charge is 2.39. The lowest BCUT2D eigenvalue weighted by atomic mass is 10.1. The smallest absolute Gasteiger partial charge is 0.133 e. The molecule has 1 saturated heterocycles. The number of nitrogens with zero attached hydrogens (tertiary/aromatic N) is 2. The number of thioether (sulfide) groups is 1. The number of benzene rings is 1. The number of aromatic nitrogens is 1. The molecule has 1 aromatic heterocycles. The van der Waals surface area contributed by atoms with Crippen LogP contribution in [0.1, 0.15) is 5.01 Å². The maximum absolute atomic E-state index is 8.78. The SMILES string of the molecule is N#CSCC1(c2nc3ccccc3s2)CSSN1. The number of hydrogen-bond donors (Lipinski definition) is 1. The molecule has 1 aromatic carbocycles. The molecule has 1 N–H and O–H groups in total. The number of nitrogens with one attached hydrogen (secondary N) is 1. The van der Waals surface area contributed by atoms with E-state index in [9.17, 15) is 0 Å². The molecule has 7 heteroatoms. The van der Waals surface area contributed by atoms with Crippen LogP contribution in [0.15, 0.2) is 24.3 Å². The van der Waals surface area contributed by atoms with Gasteiger partial charge in [-0.05, 0) is 34.9 Å². The molecule has 0 saturated carbocycles. The van der Waals surface area contributed by atoms with Crippen LogP contribution >= 0.6 is 44.9 Å². The summed E-state index contributed by atoms with van der Waals surface area (Å²) in [6.07, 6.45) is 0. The normalized spacial score (nSPS) is 23.3. The first-order valence-electron chi connectivity index (χ1n) is 5.27. The topological polar surface area (TPSA) is 48.7 Å². The Kier molecular flexibility index (Phi) is 3.73. The molecule has 3 nitrogen and oxygen atoms in total. The number of hydrogen-bond acceptors (Lipinski definition) is 7. The lowest BCUT2D eigenvalue weighted by molar-refractivity contribution is 0.539. The van der Waals surface area contributed by atoms with Crippen LogP contribution in [0.3, 0.4) is 0 Å². The molecule has 3 rings (SSSR count). The van der Waals surface area contributed by atoms with Crippen LogP contribution in [-0.2, 0) is 5.54 Å². The molecule has 2 aromatic rings. The fourth-order valence-electron chi connectivity index (χ4n) is 1.74. The van der Waals surface area contributed by atoms with Crippen LogP contribution in [0.2, 0.25) is 0 Å². The van der Waals surface area contributed by atoms with E-state index in [0.717, 1.165) is 22.0 Å². The fraction of sp³-hybridized carbons (Fsp3) is 0.273. The average Bonchev–Trinajstić information content (AvgIpc) is 3.03. The molecule has 0 amide bonds. The number of thiazole rings is 1. The van der Waals surface area contributed by atoms with Crippen molar-refractivity contribution in [1.82, 2.24) is 9.71 Å². The van der Waals surface area contributed by atoms with Crippen molar-refractivity contribution in [2.24, 2.45) is 0 Å². The highest BCUT2D eigenvalue weighted by Crippen LogP contribution is 2.44. The third kappa shape index (κ3) is 2.24. The molecule has 0 spiro atoms. The second kappa shape index (κ2) is 5.31. The zero-order valence-electron chi connectivity index (χ0n) is 9.25. The summed E-state index contributed by atoms with van der Waals surface area (Å²) >= 11 is 3.01. The number of thiocyanates is 1. The van der Waals surface area contributed by atoms with E-state index in [1.165, 1.54) is 16.5 Å². The largest absolute Gasteiger partial charge is 0.240 e. The summed E-state index contributed by atoms with van der Waals surface area (Å²) in [5.74, 6) is 1.69. The maximum Gasteiger partial charge on any atom is 0.133 e. The first kappa shape index (κ1) is 12.6. The summed E-state index contributed by atoms with van der Waals surface area (Å²) in [7, 11) is 3.43. The molecule has 1 aliphatic rings.